The van der Waals surface area contributed by atoms with E-state index in [1.165, 1.54) is 12.3 Å². The minimum atomic E-state index is -0.529. The van der Waals surface area contributed by atoms with E-state index in [1.807, 2.05) is 13.8 Å². The average Bonchev–Trinajstić information content (AvgIpc) is 2.28. The zero-order valence-electron chi connectivity index (χ0n) is 10.4. The molecule has 1 atom stereocenters. The van der Waals surface area contributed by atoms with Gasteiger partial charge in [-0.2, -0.15) is 0 Å². The molecule has 5 heteroatoms. The van der Waals surface area contributed by atoms with Crippen LogP contribution < -0.4 is 5.32 Å². The highest BCUT2D eigenvalue weighted by molar-refractivity contribution is 6.00. The number of nitrogens with zero attached hydrogens (tertiary/aromatic N) is 1. The Bertz CT molecular complexity index is 500. The van der Waals surface area contributed by atoms with Crippen molar-refractivity contribution in [1.29, 1.82) is 0 Å². The molecule has 1 aromatic heterocycles. The fraction of sp³-hybridized carbons (Fsp3) is 0.462. The van der Waals surface area contributed by atoms with E-state index in [-0.39, 0.29) is 24.1 Å². The second kappa shape index (κ2) is 4.84. The Kier molecular flexibility index (Phi) is 3.41. The zero-order valence-corrected chi connectivity index (χ0v) is 10.4. The normalized spacial score (nSPS) is 20.1. The maximum absolute atomic E-state index is 13.8. The third-order valence-corrected chi connectivity index (χ3v) is 3.12. The van der Waals surface area contributed by atoms with Crippen molar-refractivity contribution in [2.24, 2.45) is 0 Å². The maximum Gasteiger partial charge on any atom is 0.235 e. The van der Waals surface area contributed by atoms with Crippen LogP contribution in [0.1, 0.15) is 49.8 Å². The zero-order chi connectivity index (χ0) is 13.3. The summed E-state index contributed by atoms with van der Waals surface area (Å²) >= 11 is 0. The van der Waals surface area contributed by atoms with Gasteiger partial charge in [-0.05, 0) is 18.4 Å². The minimum absolute atomic E-state index is 0.0494. The Morgan fingerprint density at radius 3 is 2.72 bits per heavy atom. The Balaban J connectivity index is 2.27. The van der Waals surface area contributed by atoms with Crippen LogP contribution in [0.3, 0.4) is 0 Å². The summed E-state index contributed by atoms with van der Waals surface area (Å²) in [5, 5.41) is 2.24. The predicted octanol–water partition coefficient (Wildman–Crippen LogP) is 1.86. The summed E-state index contributed by atoms with van der Waals surface area (Å²) in [6.07, 6.45) is 2.13. The second-order valence-corrected chi connectivity index (χ2v) is 4.79. The summed E-state index contributed by atoms with van der Waals surface area (Å²) < 4.78 is 13.8. The number of hydrogen-bond acceptors (Lipinski definition) is 3. The van der Waals surface area contributed by atoms with Crippen molar-refractivity contribution in [3.05, 3.63) is 29.3 Å². The number of piperidine rings is 1. The fourth-order valence-corrected chi connectivity index (χ4v) is 2.05. The molecule has 2 heterocycles. The lowest BCUT2D eigenvalue weighted by atomic mass is 9.93. The van der Waals surface area contributed by atoms with Crippen LogP contribution in [0, 0.1) is 5.82 Å². The minimum Gasteiger partial charge on any atom is -0.296 e. The van der Waals surface area contributed by atoms with Crippen LogP contribution >= 0.6 is 0 Å². The quantitative estimate of drug-likeness (QED) is 0.815. The predicted molar refractivity (Wildman–Crippen MR) is 63.4 cm³/mol. The highest BCUT2D eigenvalue weighted by Gasteiger charge is 2.29. The molecule has 2 amide bonds. The van der Waals surface area contributed by atoms with Crippen LogP contribution in [-0.4, -0.2) is 16.8 Å². The summed E-state index contributed by atoms with van der Waals surface area (Å²) in [7, 11) is 0. The number of aromatic nitrogens is 1. The molecule has 96 valence electrons. The molecule has 0 radical (unpaired) electrons. The van der Waals surface area contributed by atoms with E-state index >= 15 is 0 Å². The molecule has 0 saturated carbocycles. The van der Waals surface area contributed by atoms with E-state index in [4.69, 9.17) is 0 Å². The number of carbonyl (C=O) groups excluding carboxylic acids is 2. The van der Waals surface area contributed by atoms with Gasteiger partial charge in [0.05, 0.1) is 11.6 Å². The highest BCUT2D eigenvalue weighted by atomic mass is 19.1. The van der Waals surface area contributed by atoms with Crippen molar-refractivity contribution in [2.75, 3.05) is 0 Å². The van der Waals surface area contributed by atoms with Crippen molar-refractivity contribution in [3.8, 4) is 0 Å². The molecule has 1 unspecified atom stereocenters. The van der Waals surface area contributed by atoms with Gasteiger partial charge in [0, 0.05) is 18.2 Å². The Morgan fingerprint density at radius 2 is 2.17 bits per heavy atom. The third-order valence-electron chi connectivity index (χ3n) is 3.12. The van der Waals surface area contributed by atoms with Gasteiger partial charge >= 0.3 is 0 Å². The number of imide groups is 1. The van der Waals surface area contributed by atoms with Crippen LogP contribution in [0.4, 0.5) is 4.39 Å². The standard InChI is InChI=1S/C13H15FN2O2/c1-7(2)9-6-15-11(5-10(9)14)8-3-4-12(17)16-13(8)18/h5-8H,3-4H2,1-2H3,(H,16,17,18). The number of pyridine rings is 1. The number of hydrogen-bond donors (Lipinski definition) is 1. The largest absolute Gasteiger partial charge is 0.296 e. The monoisotopic (exact) mass is 250 g/mol. The van der Waals surface area contributed by atoms with Crippen LogP contribution in [0.15, 0.2) is 12.3 Å². The Labute approximate surface area is 105 Å². The van der Waals surface area contributed by atoms with Gasteiger partial charge in [0.15, 0.2) is 0 Å². The van der Waals surface area contributed by atoms with Crippen molar-refractivity contribution < 1.29 is 14.0 Å². The number of rotatable bonds is 2. The van der Waals surface area contributed by atoms with Gasteiger partial charge < -0.3 is 0 Å². The van der Waals surface area contributed by atoms with Crippen LogP contribution in [0.2, 0.25) is 0 Å². The number of halogens is 1. The molecule has 1 aliphatic heterocycles. The number of carbonyl (C=O) groups is 2. The summed E-state index contributed by atoms with van der Waals surface area (Å²) in [5.41, 5.74) is 0.924. The van der Waals surface area contributed by atoms with Gasteiger partial charge in [-0.15, -0.1) is 0 Å². The fourth-order valence-electron chi connectivity index (χ4n) is 2.05. The van der Waals surface area contributed by atoms with Gasteiger partial charge in [0.2, 0.25) is 11.8 Å². The smallest absolute Gasteiger partial charge is 0.235 e. The first-order valence-electron chi connectivity index (χ1n) is 5.98. The molecule has 1 aliphatic rings. The van der Waals surface area contributed by atoms with E-state index in [0.717, 1.165) is 0 Å². The van der Waals surface area contributed by atoms with Gasteiger partial charge in [0.25, 0.3) is 0 Å². The molecule has 1 fully saturated rings. The van der Waals surface area contributed by atoms with E-state index in [1.54, 1.807) is 0 Å². The molecule has 0 bridgehead atoms. The third kappa shape index (κ3) is 2.39. The van der Waals surface area contributed by atoms with Crippen molar-refractivity contribution in [2.45, 2.75) is 38.5 Å². The lowest BCUT2D eigenvalue weighted by molar-refractivity contribution is -0.134. The van der Waals surface area contributed by atoms with Gasteiger partial charge in [0.1, 0.15) is 5.82 Å². The molecule has 2 rings (SSSR count). The average molecular weight is 250 g/mol. The molecule has 0 aliphatic carbocycles. The lowest BCUT2D eigenvalue weighted by Crippen LogP contribution is -2.39. The summed E-state index contributed by atoms with van der Waals surface area (Å²) in [6.45, 7) is 3.76. The van der Waals surface area contributed by atoms with E-state index < -0.39 is 11.8 Å². The van der Waals surface area contributed by atoms with Crippen molar-refractivity contribution >= 4 is 11.8 Å². The highest BCUT2D eigenvalue weighted by Crippen LogP contribution is 2.26. The first-order valence-corrected chi connectivity index (χ1v) is 5.98. The summed E-state index contributed by atoms with van der Waals surface area (Å²) in [4.78, 5) is 26.8. The van der Waals surface area contributed by atoms with Crippen molar-refractivity contribution in [1.82, 2.24) is 10.3 Å². The van der Waals surface area contributed by atoms with E-state index in [9.17, 15) is 14.0 Å². The van der Waals surface area contributed by atoms with Gasteiger partial charge in [-0.3, -0.25) is 19.9 Å². The van der Waals surface area contributed by atoms with E-state index in [0.29, 0.717) is 17.7 Å². The van der Waals surface area contributed by atoms with Crippen LogP contribution in [-0.2, 0) is 9.59 Å². The first kappa shape index (κ1) is 12.7. The molecular weight excluding hydrogens is 235 g/mol. The summed E-state index contributed by atoms with van der Waals surface area (Å²) in [5.74, 6) is -1.50. The number of amides is 2. The molecule has 0 aromatic carbocycles. The molecule has 4 nitrogen and oxygen atoms in total. The second-order valence-electron chi connectivity index (χ2n) is 4.79. The molecule has 1 saturated heterocycles. The van der Waals surface area contributed by atoms with E-state index in [2.05, 4.69) is 10.3 Å². The lowest BCUT2D eigenvalue weighted by Gasteiger charge is -2.20. The molecule has 0 spiro atoms. The van der Waals surface area contributed by atoms with Crippen LogP contribution in [0.5, 0.6) is 0 Å². The SMILES string of the molecule is CC(C)c1cnc(C2CCC(=O)NC2=O)cc1F. The summed E-state index contributed by atoms with van der Waals surface area (Å²) in [6, 6.07) is 1.30. The van der Waals surface area contributed by atoms with Crippen molar-refractivity contribution in [3.63, 3.8) is 0 Å². The molecular formula is C13H15FN2O2. The van der Waals surface area contributed by atoms with Crippen LogP contribution in [0.25, 0.3) is 0 Å². The van der Waals surface area contributed by atoms with Gasteiger partial charge in [-0.25, -0.2) is 4.39 Å². The maximum atomic E-state index is 13.8. The first-order chi connectivity index (χ1) is 8.49. The van der Waals surface area contributed by atoms with Gasteiger partial charge in [-0.1, -0.05) is 13.8 Å². The molecule has 1 aromatic rings. The molecule has 18 heavy (non-hydrogen) atoms. The number of nitrogens with one attached hydrogen (secondary N) is 1. The Morgan fingerprint density at radius 1 is 1.44 bits per heavy atom. The Hall–Kier alpha value is -1.78. The topological polar surface area (TPSA) is 59.1 Å². The molecule has 1 N–H and O–H groups in total.